The number of halogens is 1. The van der Waals surface area contributed by atoms with Crippen molar-refractivity contribution in [2.75, 3.05) is 4.43 Å². The summed E-state index contributed by atoms with van der Waals surface area (Å²) in [5.41, 5.74) is 1.37. The van der Waals surface area contributed by atoms with Gasteiger partial charge < -0.3 is 0 Å². The molecule has 0 fully saturated rings. The lowest BCUT2D eigenvalue weighted by Crippen LogP contribution is -2.36. The number of hydrogen-bond donors (Lipinski definition) is 0. The average Bonchev–Trinajstić information content (AvgIpc) is 2.39. The first-order valence-electron chi connectivity index (χ1n) is 7.35. The SMILES string of the molecule is Cc1cccc[n+]1CCCCCCCCCCI. The number of nitrogens with zero attached hydrogens (tertiary/aromatic N) is 1. The normalized spacial score (nSPS) is 10.8. The molecule has 0 saturated heterocycles. The van der Waals surface area contributed by atoms with Gasteiger partial charge >= 0.3 is 0 Å². The molecule has 0 aliphatic carbocycles. The van der Waals surface area contributed by atoms with Crippen molar-refractivity contribution in [1.82, 2.24) is 0 Å². The molecule has 0 bridgehead atoms. The van der Waals surface area contributed by atoms with Gasteiger partial charge in [-0.3, -0.25) is 0 Å². The molecular formula is C16H27IN+. The fraction of sp³-hybridized carbons (Fsp3) is 0.688. The predicted molar refractivity (Wildman–Crippen MR) is 87.2 cm³/mol. The first kappa shape index (κ1) is 15.9. The monoisotopic (exact) mass is 360 g/mol. The largest absolute Gasteiger partial charge is 0.203 e. The third-order valence-electron chi connectivity index (χ3n) is 3.45. The molecule has 0 unspecified atom stereocenters. The van der Waals surface area contributed by atoms with Gasteiger partial charge in [-0.25, -0.2) is 4.57 Å². The lowest BCUT2D eigenvalue weighted by atomic mass is 10.1. The van der Waals surface area contributed by atoms with Crippen LogP contribution in [0.2, 0.25) is 0 Å². The summed E-state index contributed by atoms with van der Waals surface area (Å²) in [6, 6.07) is 6.43. The van der Waals surface area contributed by atoms with Gasteiger partial charge in [0.2, 0.25) is 0 Å². The van der Waals surface area contributed by atoms with Crippen molar-refractivity contribution in [3.63, 3.8) is 0 Å². The van der Waals surface area contributed by atoms with Crippen LogP contribution in [0.5, 0.6) is 0 Å². The Morgan fingerprint density at radius 2 is 1.50 bits per heavy atom. The molecule has 102 valence electrons. The van der Waals surface area contributed by atoms with Gasteiger partial charge in [-0.05, 0) is 17.3 Å². The topological polar surface area (TPSA) is 3.88 Å². The Kier molecular flexibility index (Phi) is 9.54. The van der Waals surface area contributed by atoms with Gasteiger partial charge in [0.1, 0.15) is 6.54 Å². The third kappa shape index (κ3) is 7.34. The summed E-state index contributed by atoms with van der Waals surface area (Å²) in [4.78, 5) is 0. The maximum absolute atomic E-state index is 2.47. The van der Waals surface area contributed by atoms with E-state index in [1.54, 1.807) is 0 Å². The van der Waals surface area contributed by atoms with Crippen LogP contribution < -0.4 is 4.57 Å². The zero-order chi connectivity index (χ0) is 13.1. The van der Waals surface area contributed by atoms with Crippen molar-refractivity contribution in [2.24, 2.45) is 0 Å². The molecule has 0 atom stereocenters. The summed E-state index contributed by atoms with van der Waals surface area (Å²) in [5, 5.41) is 0. The number of hydrogen-bond acceptors (Lipinski definition) is 0. The second kappa shape index (κ2) is 10.8. The van der Waals surface area contributed by atoms with Crippen LogP contribution in [-0.2, 0) is 6.54 Å². The van der Waals surface area contributed by atoms with E-state index in [-0.39, 0.29) is 0 Å². The van der Waals surface area contributed by atoms with Gasteiger partial charge in [-0.1, -0.05) is 60.8 Å². The molecule has 0 N–H and O–H groups in total. The Bertz CT molecular complexity index is 312. The van der Waals surface area contributed by atoms with Crippen molar-refractivity contribution in [2.45, 2.75) is 64.8 Å². The van der Waals surface area contributed by atoms with Crippen molar-refractivity contribution < 1.29 is 4.57 Å². The molecule has 0 radical (unpaired) electrons. The highest BCUT2D eigenvalue weighted by Crippen LogP contribution is 2.09. The average molecular weight is 360 g/mol. The van der Waals surface area contributed by atoms with E-state index in [1.165, 1.54) is 68.0 Å². The number of rotatable bonds is 10. The molecule has 1 aromatic heterocycles. The number of pyridine rings is 1. The molecule has 0 spiro atoms. The Morgan fingerprint density at radius 3 is 2.11 bits per heavy atom. The quantitative estimate of drug-likeness (QED) is 0.243. The van der Waals surface area contributed by atoms with E-state index in [0.717, 1.165) is 0 Å². The van der Waals surface area contributed by atoms with Gasteiger partial charge in [0.25, 0.3) is 0 Å². The molecule has 1 aromatic rings. The minimum atomic E-state index is 1.18. The van der Waals surface area contributed by atoms with Crippen molar-refractivity contribution >= 4 is 22.6 Å². The minimum absolute atomic E-state index is 1.18. The van der Waals surface area contributed by atoms with E-state index >= 15 is 0 Å². The predicted octanol–water partition coefficient (Wildman–Crippen LogP) is 4.84. The zero-order valence-corrected chi connectivity index (χ0v) is 13.9. The molecule has 0 aliphatic heterocycles. The molecule has 0 aromatic carbocycles. The van der Waals surface area contributed by atoms with E-state index in [2.05, 4.69) is 58.5 Å². The molecule has 0 amide bonds. The van der Waals surface area contributed by atoms with E-state index < -0.39 is 0 Å². The molecule has 0 saturated carbocycles. The Hall–Kier alpha value is -0.120. The van der Waals surface area contributed by atoms with Crippen molar-refractivity contribution in [3.05, 3.63) is 30.1 Å². The highest BCUT2D eigenvalue weighted by Gasteiger charge is 2.02. The smallest absolute Gasteiger partial charge is 0.178 e. The molecule has 1 heterocycles. The fourth-order valence-corrected chi connectivity index (χ4v) is 2.79. The highest BCUT2D eigenvalue weighted by molar-refractivity contribution is 14.1. The minimum Gasteiger partial charge on any atom is -0.203 e. The van der Waals surface area contributed by atoms with Crippen LogP contribution in [0, 0.1) is 6.92 Å². The van der Waals surface area contributed by atoms with Crippen molar-refractivity contribution in [1.29, 1.82) is 0 Å². The molecule has 1 rings (SSSR count). The van der Waals surface area contributed by atoms with Crippen LogP contribution in [0.4, 0.5) is 0 Å². The summed E-state index contributed by atoms with van der Waals surface area (Å²) in [7, 11) is 0. The molecule has 18 heavy (non-hydrogen) atoms. The highest BCUT2D eigenvalue weighted by atomic mass is 127. The second-order valence-electron chi connectivity index (χ2n) is 5.05. The van der Waals surface area contributed by atoms with Crippen LogP contribution in [0.3, 0.4) is 0 Å². The summed E-state index contributed by atoms with van der Waals surface area (Å²) in [5.74, 6) is 0. The summed E-state index contributed by atoms with van der Waals surface area (Å²) >= 11 is 2.47. The van der Waals surface area contributed by atoms with Crippen LogP contribution in [0.25, 0.3) is 0 Å². The first-order chi connectivity index (χ1) is 8.84. The lowest BCUT2D eigenvalue weighted by Gasteiger charge is -2.02. The zero-order valence-electron chi connectivity index (χ0n) is 11.7. The maximum atomic E-state index is 2.47. The first-order valence-corrected chi connectivity index (χ1v) is 8.88. The molecular weight excluding hydrogens is 333 g/mol. The van der Waals surface area contributed by atoms with Gasteiger partial charge in [-0.2, -0.15) is 0 Å². The second-order valence-corrected chi connectivity index (χ2v) is 6.13. The van der Waals surface area contributed by atoms with E-state index in [4.69, 9.17) is 0 Å². The Morgan fingerprint density at radius 1 is 0.889 bits per heavy atom. The van der Waals surface area contributed by atoms with Gasteiger partial charge in [-0.15, -0.1) is 0 Å². The standard InChI is InChI=1S/C16H27IN/c1-16-12-8-11-15-18(16)14-10-7-5-3-2-4-6-9-13-17/h8,11-12,15H,2-7,9-10,13-14H2,1H3/q+1. The number of aryl methyl sites for hydroxylation is 2. The number of alkyl halides is 1. The van der Waals surface area contributed by atoms with Gasteiger partial charge in [0.05, 0.1) is 0 Å². The van der Waals surface area contributed by atoms with Gasteiger partial charge in [0, 0.05) is 25.5 Å². The van der Waals surface area contributed by atoms with Crippen LogP contribution >= 0.6 is 22.6 Å². The van der Waals surface area contributed by atoms with E-state index in [9.17, 15) is 0 Å². The summed E-state index contributed by atoms with van der Waals surface area (Å²) in [6.07, 6.45) is 13.5. The van der Waals surface area contributed by atoms with E-state index in [1.807, 2.05) is 0 Å². The Labute approximate surface area is 126 Å². The molecule has 1 nitrogen and oxygen atoms in total. The third-order valence-corrected chi connectivity index (χ3v) is 4.21. The fourth-order valence-electron chi connectivity index (χ4n) is 2.25. The van der Waals surface area contributed by atoms with Crippen LogP contribution in [0.1, 0.15) is 57.1 Å². The number of unbranched alkanes of at least 4 members (excludes halogenated alkanes) is 7. The van der Waals surface area contributed by atoms with Crippen molar-refractivity contribution in [3.8, 4) is 0 Å². The van der Waals surface area contributed by atoms with Crippen LogP contribution in [-0.4, -0.2) is 4.43 Å². The summed E-state index contributed by atoms with van der Waals surface area (Å²) < 4.78 is 3.69. The Balaban J connectivity index is 1.94. The van der Waals surface area contributed by atoms with Crippen LogP contribution in [0.15, 0.2) is 24.4 Å². The lowest BCUT2D eigenvalue weighted by molar-refractivity contribution is -0.703. The molecule has 2 heteroatoms. The van der Waals surface area contributed by atoms with E-state index in [0.29, 0.717) is 0 Å². The molecule has 0 aliphatic rings. The van der Waals surface area contributed by atoms with Gasteiger partial charge in [0.15, 0.2) is 11.9 Å². The number of aromatic nitrogens is 1. The maximum Gasteiger partial charge on any atom is 0.178 e. The summed E-state index contributed by atoms with van der Waals surface area (Å²) in [6.45, 7) is 3.37.